The van der Waals surface area contributed by atoms with Crippen LogP contribution >= 0.6 is 0 Å². The Morgan fingerprint density at radius 3 is 2.88 bits per heavy atom. The highest BCUT2D eigenvalue weighted by molar-refractivity contribution is 7.89. The molecule has 0 spiro atoms. The minimum absolute atomic E-state index is 0.0785. The zero-order valence-corrected chi connectivity index (χ0v) is 15.7. The lowest BCUT2D eigenvalue weighted by Gasteiger charge is -2.17. The first kappa shape index (κ1) is 19.0. The number of hydrogen-bond donors (Lipinski definition) is 0. The van der Waals surface area contributed by atoms with Gasteiger partial charge in [-0.05, 0) is 25.0 Å². The average molecular weight is 381 g/mol. The Labute approximate surface area is 153 Å². The van der Waals surface area contributed by atoms with Crippen LogP contribution in [-0.4, -0.2) is 56.3 Å². The SMILES string of the molecule is COCCOCc1nc(C2CCN(S(=O)(=O)c3ccccc3C)C2)no1. The first-order valence-electron chi connectivity index (χ1n) is 8.47. The highest BCUT2D eigenvalue weighted by Gasteiger charge is 2.35. The molecule has 1 aliphatic rings. The molecule has 0 bridgehead atoms. The van der Waals surface area contributed by atoms with Crippen molar-refractivity contribution < 1.29 is 22.4 Å². The zero-order chi connectivity index (χ0) is 18.6. The second kappa shape index (κ2) is 8.26. The Hall–Kier alpha value is -1.81. The first-order chi connectivity index (χ1) is 12.5. The first-order valence-corrected chi connectivity index (χ1v) is 9.91. The lowest BCUT2D eigenvalue weighted by molar-refractivity contribution is 0.0494. The summed E-state index contributed by atoms with van der Waals surface area (Å²) < 4.78 is 42.7. The van der Waals surface area contributed by atoms with Crippen molar-refractivity contribution >= 4 is 10.0 Å². The van der Waals surface area contributed by atoms with Gasteiger partial charge in [0.05, 0.1) is 18.1 Å². The average Bonchev–Trinajstić information content (AvgIpc) is 3.28. The van der Waals surface area contributed by atoms with Gasteiger partial charge in [0, 0.05) is 26.1 Å². The van der Waals surface area contributed by atoms with Gasteiger partial charge in [0.25, 0.3) is 5.89 Å². The fraction of sp³-hybridized carbons (Fsp3) is 0.529. The maximum atomic E-state index is 12.9. The van der Waals surface area contributed by atoms with E-state index in [4.69, 9.17) is 14.0 Å². The van der Waals surface area contributed by atoms with Crippen molar-refractivity contribution in [3.8, 4) is 0 Å². The summed E-state index contributed by atoms with van der Waals surface area (Å²) in [7, 11) is -1.91. The van der Waals surface area contributed by atoms with Gasteiger partial charge in [0.1, 0.15) is 6.61 Å². The van der Waals surface area contributed by atoms with E-state index < -0.39 is 10.0 Å². The van der Waals surface area contributed by atoms with Crippen molar-refractivity contribution in [2.75, 3.05) is 33.4 Å². The van der Waals surface area contributed by atoms with E-state index in [2.05, 4.69) is 10.1 Å². The fourth-order valence-electron chi connectivity index (χ4n) is 2.94. The summed E-state index contributed by atoms with van der Waals surface area (Å²) in [6.07, 6.45) is 0.661. The molecule has 1 saturated heterocycles. The molecule has 26 heavy (non-hydrogen) atoms. The maximum Gasteiger partial charge on any atom is 0.252 e. The van der Waals surface area contributed by atoms with Crippen molar-refractivity contribution in [1.82, 2.24) is 14.4 Å². The van der Waals surface area contributed by atoms with E-state index in [-0.39, 0.29) is 12.5 Å². The van der Waals surface area contributed by atoms with Gasteiger partial charge >= 0.3 is 0 Å². The molecule has 142 valence electrons. The van der Waals surface area contributed by atoms with E-state index in [9.17, 15) is 8.42 Å². The Morgan fingerprint density at radius 2 is 2.12 bits per heavy atom. The summed E-state index contributed by atoms with van der Waals surface area (Å²) in [5, 5.41) is 3.99. The number of benzene rings is 1. The lowest BCUT2D eigenvalue weighted by Crippen LogP contribution is -2.29. The zero-order valence-electron chi connectivity index (χ0n) is 14.9. The third-order valence-electron chi connectivity index (χ3n) is 4.37. The third-order valence-corrected chi connectivity index (χ3v) is 6.39. The largest absolute Gasteiger partial charge is 0.382 e. The van der Waals surface area contributed by atoms with Crippen molar-refractivity contribution in [1.29, 1.82) is 0 Å². The Bertz CT molecular complexity index is 836. The van der Waals surface area contributed by atoms with Gasteiger partial charge in [-0.1, -0.05) is 23.4 Å². The topological polar surface area (TPSA) is 94.8 Å². The van der Waals surface area contributed by atoms with E-state index in [1.807, 2.05) is 6.07 Å². The highest BCUT2D eigenvalue weighted by Crippen LogP contribution is 2.30. The van der Waals surface area contributed by atoms with Crippen LogP contribution in [0, 0.1) is 6.92 Å². The number of aryl methyl sites for hydroxylation is 1. The number of hydrogen-bond acceptors (Lipinski definition) is 7. The molecule has 1 atom stereocenters. The van der Waals surface area contributed by atoms with Gasteiger partial charge in [-0.15, -0.1) is 0 Å². The van der Waals surface area contributed by atoms with Crippen molar-refractivity contribution in [2.24, 2.45) is 0 Å². The number of sulfonamides is 1. The minimum Gasteiger partial charge on any atom is -0.382 e. The second-order valence-electron chi connectivity index (χ2n) is 6.21. The van der Waals surface area contributed by atoms with Gasteiger partial charge < -0.3 is 14.0 Å². The molecule has 1 aromatic heterocycles. The molecule has 1 aliphatic heterocycles. The number of ether oxygens (including phenoxy) is 2. The maximum absolute atomic E-state index is 12.9. The highest BCUT2D eigenvalue weighted by atomic mass is 32.2. The van der Waals surface area contributed by atoms with Crippen molar-refractivity contribution in [3.63, 3.8) is 0 Å². The van der Waals surface area contributed by atoms with Crippen LogP contribution in [0.1, 0.15) is 29.6 Å². The monoisotopic (exact) mass is 381 g/mol. The van der Waals surface area contributed by atoms with E-state index in [0.29, 0.717) is 49.3 Å². The predicted octanol–water partition coefficient (Wildman–Crippen LogP) is 1.72. The standard InChI is InChI=1S/C17H23N3O5S/c1-13-5-3-4-6-15(13)26(21,22)20-8-7-14(11-20)17-18-16(25-19-17)12-24-10-9-23-2/h3-6,14H,7-12H2,1-2H3. The summed E-state index contributed by atoms with van der Waals surface area (Å²) in [6.45, 7) is 3.74. The molecule has 0 N–H and O–H groups in total. The Kier molecular flexibility index (Phi) is 6.02. The molecule has 0 radical (unpaired) electrons. The number of methoxy groups -OCH3 is 1. The Balaban J connectivity index is 1.64. The second-order valence-corrected chi connectivity index (χ2v) is 8.11. The number of nitrogens with zero attached hydrogens (tertiary/aromatic N) is 3. The van der Waals surface area contributed by atoms with Gasteiger partial charge in [-0.3, -0.25) is 0 Å². The van der Waals surface area contributed by atoms with Crippen LogP contribution in [0.3, 0.4) is 0 Å². The van der Waals surface area contributed by atoms with Crippen LogP contribution in [0.5, 0.6) is 0 Å². The summed E-state index contributed by atoms with van der Waals surface area (Å²) in [4.78, 5) is 4.68. The number of rotatable bonds is 8. The smallest absolute Gasteiger partial charge is 0.252 e. The van der Waals surface area contributed by atoms with Crippen LogP contribution in [0.2, 0.25) is 0 Å². The molecule has 1 unspecified atom stereocenters. The normalized spacial score (nSPS) is 18.5. The molecular formula is C17H23N3O5S. The van der Waals surface area contributed by atoms with E-state index in [1.54, 1.807) is 32.2 Å². The molecular weight excluding hydrogens is 358 g/mol. The summed E-state index contributed by atoms with van der Waals surface area (Å²) in [5.74, 6) is 0.833. The van der Waals surface area contributed by atoms with Crippen molar-refractivity contribution in [3.05, 3.63) is 41.5 Å². The Morgan fingerprint density at radius 1 is 1.31 bits per heavy atom. The summed E-state index contributed by atoms with van der Waals surface area (Å²) >= 11 is 0. The van der Waals surface area contributed by atoms with E-state index >= 15 is 0 Å². The predicted molar refractivity (Wildman–Crippen MR) is 93.1 cm³/mol. The molecule has 3 rings (SSSR count). The van der Waals surface area contributed by atoms with Gasteiger partial charge in [0.15, 0.2) is 5.82 Å². The van der Waals surface area contributed by atoms with Crippen LogP contribution in [-0.2, 0) is 26.1 Å². The van der Waals surface area contributed by atoms with Crippen LogP contribution in [0.15, 0.2) is 33.7 Å². The molecule has 8 nitrogen and oxygen atoms in total. The van der Waals surface area contributed by atoms with Crippen molar-refractivity contribution in [2.45, 2.75) is 30.8 Å². The minimum atomic E-state index is -3.52. The quantitative estimate of drug-likeness (QED) is 0.643. The molecule has 2 aromatic rings. The fourth-order valence-corrected chi connectivity index (χ4v) is 4.66. The van der Waals surface area contributed by atoms with E-state index in [0.717, 1.165) is 5.56 Å². The molecule has 1 aromatic carbocycles. The summed E-state index contributed by atoms with van der Waals surface area (Å²) in [6, 6.07) is 7.01. The molecule has 1 fully saturated rings. The van der Waals surface area contributed by atoms with Gasteiger partial charge in [-0.2, -0.15) is 9.29 Å². The summed E-state index contributed by atoms with van der Waals surface area (Å²) in [5.41, 5.74) is 0.742. The molecule has 2 heterocycles. The molecule has 0 aliphatic carbocycles. The lowest BCUT2D eigenvalue weighted by atomic mass is 10.1. The van der Waals surface area contributed by atoms with E-state index in [1.165, 1.54) is 4.31 Å². The molecule has 0 amide bonds. The van der Waals surface area contributed by atoms with Gasteiger partial charge in [0.2, 0.25) is 10.0 Å². The van der Waals surface area contributed by atoms with Crippen LogP contribution in [0.25, 0.3) is 0 Å². The van der Waals surface area contributed by atoms with Crippen LogP contribution in [0.4, 0.5) is 0 Å². The molecule has 9 heteroatoms. The number of aromatic nitrogens is 2. The van der Waals surface area contributed by atoms with Crippen LogP contribution < -0.4 is 0 Å². The third kappa shape index (κ3) is 4.12. The molecule has 0 saturated carbocycles. The van der Waals surface area contributed by atoms with Gasteiger partial charge in [-0.25, -0.2) is 8.42 Å².